The number of carbonyl (C=O) groups excluding carboxylic acids is 1. The second-order valence-electron chi connectivity index (χ2n) is 1.45. The summed E-state index contributed by atoms with van der Waals surface area (Å²) in [6, 6.07) is 0. The fourth-order valence-corrected chi connectivity index (χ4v) is 0.292. The molecule has 1 aliphatic rings. The standard InChI is InChI=1S/C3H4O3.4Na.O4Si/c4-3-5-1-2-6-3;;;;;1-5(2,3)4/h1-2H2;;;;;/q;4*+1;-4. The molecular weight excluding hydrogens is 268 g/mol. The van der Waals surface area contributed by atoms with Gasteiger partial charge in [0.05, 0.1) is 0 Å². The number of hydrogen-bond acceptors (Lipinski definition) is 7. The molecule has 0 bridgehead atoms. The fraction of sp³-hybridized carbons (Fsp3) is 0.667. The van der Waals surface area contributed by atoms with Gasteiger partial charge < -0.3 is 37.7 Å². The molecule has 1 fully saturated rings. The Morgan fingerprint density at radius 3 is 1.13 bits per heavy atom. The molecule has 0 atom stereocenters. The Morgan fingerprint density at radius 1 is 0.867 bits per heavy atom. The Bertz CT molecular complexity index is 127. The van der Waals surface area contributed by atoms with Crippen molar-refractivity contribution in [1.82, 2.24) is 0 Å². The van der Waals surface area contributed by atoms with E-state index in [1.54, 1.807) is 0 Å². The van der Waals surface area contributed by atoms with Gasteiger partial charge in [0.1, 0.15) is 13.2 Å². The predicted octanol–water partition coefficient (Wildman–Crippen LogP) is -17.0. The van der Waals surface area contributed by atoms with Crippen LogP contribution in [0.1, 0.15) is 0 Å². The zero-order valence-electron chi connectivity index (χ0n) is 9.27. The Labute approximate surface area is 177 Å². The summed E-state index contributed by atoms with van der Waals surface area (Å²) in [5.74, 6) is 0. The molecule has 0 saturated carbocycles. The van der Waals surface area contributed by atoms with Crippen LogP contribution in [0.3, 0.4) is 0 Å². The largest absolute Gasteiger partial charge is 1.00 e. The summed E-state index contributed by atoms with van der Waals surface area (Å²) in [5, 5.41) is 0. The van der Waals surface area contributed by atoms with Crippen molar-refractivity contribution in [2.24, 2.45) is 0 Å². The molecular formula is C3H4Na4O7Si. The fourth-order valence-electron chi connectivity index (χ4n) is 0.292. The van der Waals surface area contributed by atoms with Crippen LogP contribution in [-0.2, 0) is 9.47 Å². The first-order chi connectivity index (χ1) is 4.89. The molecule has 0 N–H and O–H groups in total. The number of ether oxygens (including phenoxy) is 2. The maximum absolute atomic E-state index is 9.80. The first kappa shape index (κ1) is 31.0. The molecule has 0 amide bonds. The molecule has 0 aromatic heterocycles. The molecule has 1 saturated heterocycles. The molecule has 0 aliphatic carbocycles. The number of carbonyl (C=O) groups is 1. The van der Waals surface area contributed by atoms with Crippen LogP contribution < -0.4 is 137 Å². The monoisotopic (exact) mass is 272 g/mol. The molecule has 0 unspecified atom stereocenters. The smallest absolute Gasteiger partial charge is 0.894 e. The van der Waals surface area contributed by atoms with Gasteiger partial charge in [-0.05, 0) is 0 Å². The van der Waals surface area contributed by atoms with Crippen molar-refractivity contribution in [2.75, 3.05) is 13.2 Å². The molecule has 0 aromatic rings. The summed E-state index contributed by atoms with van der Waals surface area (Å²) in [4.78, 5) is 44.1. The molecule has 15 heavy (non-hydrogen) atoms. The van der Waals surface area contributed by atoms with Crippen LogP contribution in [-0.4, -0.2) is 28.4 Å². The molecule has 0 radical (unpaired) electrons. The Balaban J connectivity index is -0.0000000356. The van der Waals surface area contributed by atoms with Gasteiger partial charge in [0.15, 0.2) is 0 Å². The van der Waals surface area contributed by atoms with E-state index in [0.29, 0.717) is 13.2 Å². The Kier molecular flexibility index (Phi) is 35.8. The molecule has 1 aliphatic heterocycles. The normalized spacial score (nSPS) is 11.9. The summed E-state index contributed by atoms with van der Waals surface area (Å²) in [6.07, 6.45) is -0.546. The van der Waals surface area contributed by atoms with Crippen LogP contribution >= 0.6 is 0 Å². The molecule has 66 valence electrons. The summed E-state index contributed by atoms with van der Waals surface area (Å²) >= 11 is 0. The zero-order chi connectivity index (χ0) is 8.91. The average molecular weight is 272 g/mol. The SMILES string of the molecule is O=C1OCCO1.[Na+].[Na+].[Na+].[Na+].[O-][Si]([O-])([O-])[O-]. The summed E-state index contributed by atoms with van der Waals surface area (Å²) in [6.45, 7) is 0.831. The zero-order valence-corrected chi connectivity index (χ0v) is 18.3. The first-order valence-corrected chi connectivity index (χ1v) is 4.14. The molecule has 7 nitrogen and oxygen atoms in total. The van der Waals surface area contributed by atoms with E-state index in [1.807, 2.05) is 0 Å². The summed E-state index contributed by atoms with van der Waals surface area (Å²) in [7, 11) is -5.61. The van der Waals surface area contributed by atoms with Gasteiger partial charge in [0, 0.05) is 0 Å². The quantitative estimate of drug-likeness (QED) is 0.316. The van der Waals surface area contributed by atoms with Gasteiger partial charge in [-0.3, -0.25) is 0 Å². The van der Waals surface area contributed by atoms with E-state index in [9.17, 15) is 4.79 Å². The van der Waals surface area contributed by atoms with Crippen LogP contribution in [0.2, 0.25) is 0 Å². The molecule has 0 aromatic carbocycles. The van der Waals surface area contributed by atoms with Gasteiger partial charge in [-0.15, -0.1) is 0 Å². The number of cyclic esters (lactones) is 2. The van der Waals surface area contributed by atoms with Gasteiger partial charge in [-0.2, -0.15) is 0 Å². The van der Waals surface area contributed by atoms with Crippen molar-refractivity contribution in [1.29, 1.82) is 0 Å². The van der Waals surface area contributed by atoms with Gasteiger partial charge in [-0.25, -0.2) is 4.79 Å². The molecule has 12 heteroatoms. The van der Waals surface area contributed by atoms with Crippen molar-refractivity contribution in [3.63, 3.8) is 0 Å². The van der Waals surface area contributed by atoms with Crippen molar-refractivity contribution in [3.05, 3.63) is 0 Å². The minimum absolute atomic E-state index is 0. The molecule has 1 heterocycles. The van der Waals surface area contributed by atoms with Crippen molar-refractivity contribution < 1.29 is 152 Å². The van der Waals surface area contributed by atoms with E-state index in [1.165, 1.54) is 0 Å². The maximum Gasteiger partial charge on any atom is 1.00 e. The summed E-state index contributed by atoms with van der Waals surface area (Å²) < 4.78 is 8.58. The van der Waals surface area contributed by atoms with Crippen LogP contribution in [0.15, 0.2) is 0 Å². The third-order valence-corrected chi connectivity index (χ3v) is 0.523. The van der Waals surface area contributed by atoms with Gasteiger partial charge in [0.2, 0.25) is 0 Å². The average Bonchev–Trinajstić information content (AvgIpc) is 2.12. The van der Waals surface area contributed by atoms with Gasteiger partial charge in [-0.1, -0.05) is 0 Å². The molecule has 0 spiro atoms. The third kappa shape index (κ3) is 38.2. The van der Waals surface area contributed by atoms with Crippen molar-refractivity contribution in [3.8, 4) is 0 Å². The third-order valence-electron chi connectivity index (χ3n) is 0.523. The second kappa shape index (κ2) is 17.3. The predicted molar refractivity (Wildman–Crippen MR) is 23.1 cm³/mol. The minimum Gasteiger partial charge on any atom is -0.894 e. The van der Waals surface area contributed by atoms with Crippen LogP contribution in [0.25, 0.3) is 0 Å². The van der Waals surface area contributed by atoms with E-state index in [0.717, 1.165) is 0 Å². The van der Waals surface area contributed by atoms with E-state index >= 15 is 0 Å². The van der Waals surface area contributed by atoms with Crippen LogP contribution in [0.5, 0.6) is 0 Å². The second-order valence-corrected chi connectivity index (χ2v) is 2.45. The molecule has 1 rings (SSSR count). The van der Waals surface area contributed by atoms with Crippen LogP contribution in [0.4, 0.5) is 4.79 Å². The number of hydrogen-bond donors (Lipinski definition) is 0. The maximum atomic E-state index is 9.80. The minimum atomic E-state index is -5.61. The van der Waals surface area contributed by atoms with Crippen molar-refractivity contribution in [2.45, 2.75) is 0 Å². The first-order valence-electron chi connectivity index (χ1n) is 2.51. The van der Waals surface area contributed by atoms with E-state index in [4.69, 9.17) is 19.2 Å². The van der Waals surface area contributed by atoms with Gasteiger partial charge in [0.25, 0.3) is 0 Å². The Hall–Kier alpha value is 3.33. The van der Waals surface area contributed by atoms with E-state index in [-0.39, 0.29) is 118 Å². The number of rotatable bonds is 0. The van der Waals surface area contributed by atoms with E-state index < -0.39 is 15.2 Å². The van der Waals surface area contributed by atoms with E-state index in [2.05, 4.69) is 9.47 Å². The van der Waals surface area contributed by atoms with Gasteiger partial charge >= 0.3 is 124 Å². The van der Waals surface area contributed by atoms with Crippen molar-refractivity contribution >= 4 is 15.2 Å². The summed E-state index contributed by atoms with van der Waals surface area (Å²) in [5.41, 5.74) is 0. The topological polar surface area (TPSA) is 128 Å². The Morgan fingerprint density at radius 2 is 1.07 bits per heavy atom. The van der Waals surface area contributed by atoms with Crippen LogP contribution in [0, 0.1) is 0 Å².